The Balaban J connectivity index is 1.18. The monoisotopic (exact) mass is 696 g/mol. The Hall–Kier alpha value is -4.87. The van der Waals surface area contributed by atoms with Gasteiger partial charge in [0.15, 0.2) is 5.58 Å². The average Bonchev–Trinajstić information content (AvgIpc) is 3.89. The van der Waals surface area contributed by atoms with Crippen LogP contribution in [-0.4, -0.2) is 60.2 Å². The number of aromatic nitrogens is 2. The van der Waals surface area contributed by atoms with Crippen LogP contribution in [0.4, 0.5) is 8.78 Å². The molecule has 0 aliphatic carbocycles. The maximum atomic E-state index is 13.4. The molecule has 1 N–H and O–H groups in total. The highest BCUT2D eigenvalue weighted by molar-refractivity contribution is 5.84. The number of carbonyl (C=O) groups is 1. The van der Waals surface area contributed by atoms with Crippen LogP contribution < -0.4 is 14.8 Å². The minimum Gasteiger partial charge on any atom is -0.481 e. The van der Waals surface area contributed by atoms with E-state index in [4.69, 9.17) is 28.6 Å². The van der Waals surface area contributed by atoms with E-state index in [1.165, 1.54) is 12.5 Å². The average molecular weight is 697 g/mol. The molecule has 2 aliphatic rings. The number of pyridine rings is 1. The second-order valence-corrected chi connectivity index (χ2v) is 13.5. The number of halogens is 2. The summed E-state index contributed by atoms with van der Waals surface area (Å²) < 4.78 is 48.9. The van der Waals surface area contributed by atoms with Crippen molar-refractivity contribution in [2.45, 2.75) is 65.8 Å². The summed E-state index contributed by atoms with van der Waals surface area (Å²) in [6, 6.07) is 18.8. The van der Waals surface area contributed by atoms with Gasteiger partial charge >= 0.3 is 12.6 Å². The lowest BCUT2D eigenvalue weighted by molar-refractivity contribution is -0.147. The fourth-order valence-corrected chi connectivity index (χ4v) is 7.26. The summed E-state index contributed by atoms with van der Waals surface area (Å²) in [5.41, 5.74) is 8.68. The number of hydrogen-bond donors (Lipinski definition) is 1. The van der Waals surface area contributed by atoms with Crippen molar-refractivity contribution in [1.82, 2.24) is 20.2 Å². The summed E-state index contributed by atoms with van der Waals surface area (Å²) in [7, 11) is 1.67. The SMILES string of the molecule is COc1nc(-c2cccc(-c3cccc(-c4nc5cc(COC(=O)[C@H]6CCCN6)c(OC(F)F)cc5o4)c3C)c2C)ccc1CN1CCC(C)C1. The van der Waals surface area contributed by atoms with E-state index in [0.717, 1.165) is 77.2 Å². The van der Waals surface area contributed by atoms with Crippen LogP contribution in [0.5, 0.6) is 11.6 Å². The highest BCUT2D eigenvalue weighted by Crippen LogP contribution is 2.38. The van der Waals surface area contributed by atoms with Crippen molar-refractivity contribution >= 4 is 17.1 Å². The van der Waals surface area contributed by atoms with E-state index >= 15 is 0 Å². The van der Waals surface area contributed by atoms with Crippen molar-refractivity contribution in [2.24, 2.45) is 5.92 Å². The van der Waals surface area contributed by atoms with E-state index in [-0.39, 0.29) is 23.5 Å². The number of esters is 1. The van der Waals surface area contributed by atoms with Crippen molar-refractivity contribution in [3.8, 4) is 45.5 Å². The molecule has 1 unspecified atom stereocenters. The molecule has 2 aromatic heterocycles. The lowest BCUT2D eigenvalue weighted by Crippen LogP contribution is -2.32. The number of ether oxygens (including phenoxy) is 3. The zero-order valence-electron chi connectivity index (χ0n) is 29.3. The molecular weight excluding hydrogens is 654 g/mol. The van der Waals surface area contributed by atoms with Crippen LogP contribution in [-0.2, 0) is 22.7 Å². The van der Waals surface area contributed by atoms with Crippen LogP contribution in [0.3, 0.4) is 0 Å². The van der Waals surface area contributed by atoms with E-state index in [2.05, 4.69) is 54.4 Å². The Morgan fingerprint density at radius 3 is 2.41 bits per heavy atom. The number of nitrogens with zero attached hydrogens (tertiary/aromatic N) is 3. The van der Waals surface area contributed by atoms with Gasteiger partial charge in [-0.1, -0.05) is 43.3 Å². The van der Waals surface area contributed by atoms with Gasteiger partial charge in [0, 0.05) is 41.4 Å². The van der Waals surface area contributed by atoms with E-state index < -0.39 is 18.6 Å². The van der Waals surface area contributed by atoms with Crippen molar-refractivity contribution in [1.29, 1.82) is 0 Å². The molecule has 0 amide bonds. The maximum absolute atomic E-state index is 13.4. The lowest BCUT2D eigenvalue weighted by atomic mass is 9.90. The molecule has 2 aliphatic heterocycles. The Bertz CT molecular complexity index is 2060. The summed E-state index contributed by atoms with van der Waals surface area (Å²) in [6.45, 7) is 6.80. The van der Waals surface area contributed by atoms with Gasteiger partial charge in [-0.15, -0.1) is 0 Å². The molecule has 266 valence electrons. The molecule has 0 radical (unpaired) electrons. The highest BCUT2D eigenvalue weighted by atomic mass is 19.3. The standard InChI is InChI=1S/C40H42F2N4O5/c1-23-15-17-46(20-23)21-26-13-14-32(44-37(26)48-4)30-10-5-8-28(24(30)2)29-9-6-11-31(25(29)3)38-45-34-18-27(22-49-39(47)33-12-7-16-43-33)35(51-40(41)42)19-36(34)50-38/h5-6,8-11,13-14,18-19,23,33,40,43H,7,12,15-17,20-22H2,1-4H3/t23?,33-/m1/s1. The number of benzene rings is 3. The Labute approximate surface area is 295 Å². The summed E-state index contributed by atoms with van der Waals surface area (Å²) in [5.74, 6) is 1.12. The largest absolute Gasteiger partial charge is 0.481 e. The van der Waals surface area contributed by atoms with Gasteiger partial charge < -0.3 is 23.9 Å². The first-order valence-electron chi connectivity index (χ1n) is 17.4. The Morgan fingerprint density at radius 1 is 0.980 bits per heavy atom. The second kappa shape index (κ2) is 14.8. The predicted molar refractivity (Wildman–Crippen MR) is 191 cm³/mol. The molecule has 2 saturated heterocycles. The predicted octanol–water partition coefficient (Wildman–Crippen LogP) is 8.09. The van der Waals surface area contributed by atoms with E-state index in [1.54, 1.807) is 13.2 Å². The fraction of sp³-hybridized carbons (Fsp3) is 0.375. The van der Waals surface area contributed by atoms with Crippen molar-refractivity contribution in [3.63, 3.8) is 0 Å². The molecule has 0 spiro atoms. The van der Waals surface area contributed by atoms with Crippen molar-refractivity contribution < 1.29 is 32.2 Å². The third-order valence-corrected chi connectivity index (χ3v) is 10.0. The number of alkyl halides is 2. The molecule has 2 fully saturated rings. The van der Waals surface area contributed by atoms with Crippen molar-refractivity contribution in [2.75, 3.05) is 26.7 Å². The minimum absolute atomic E-state index is 0.130. The number of oxazole rings is 1. The number of hydrogen-bond acceptors (Lipinski definition) is 9. The topological polar surface area (TPSA) is 99.0 Å². The number of nitrogens with one attached hydrogen (secondary N) is 1. The molecule has 51 heavy (non-hydrogen) atoms. The number of fused-ring (bicyclic) bond motifs is 1. The zero-order valence-corrected chi connectivity index (χ0v) is 29.3. The van der Waals surface area contributed by atoms with E-state index in [9.17, 15) is 13.6 Å². The zero-order chi connectivity index (χ0) is 35.6. The van der Waals surface area contributed by atoms with Crippen LogP contribution >= 0.6 is 0 Å². The molecule has 7 rings (SSSR count). The van der Waals surface area contributed by atoms with Crippen LogP contribution in [0.25, 0.3) is 44.9 Å². The summed E-state index contributed by atoms with van der Waals surface area (Å²) in [4.78, 5) is 24.6. The van der Waals surface area contributed by atoms with Gasteiger partial charge in [-0.25, -0.2) is 9.97 Å². The van der Waals surface area contributed by atoms with Crippen molar-refractivity contribution in [3.05, 3.63) is 82.9 Å². The molecule has 0 bridgehead atoms. The molecule has 11 heteroatoms. The van der Waals surface area contributed by atoms with Gasteiger partial charge in [-0.05, 0) is 92.6 Å². The van der Waals surface area contributed by atoms with Crippen LogP contribution in [0.2, 0.25) is 0 Å². The number of methoxy groups -OCH3 is 1. The third-order valence-electron chi connectivity index (χ3n) is 10.0. The van der Waals surface area contributed by atoms with Gasteiger partial charge in [0.2, 0.25) is 11.8 Å². The summed E-state index contributed by atoms with van der Waals surface area (Å²) in [5, 5.41) is 3.08. The minimum atomic E-state index is -3.07. The summed E-state index contributed by atoms with van der Waals surface area (Å²) in [6.07, 6.45) is 2.75. The van der Waals surface area contributed by atoms with Crippen LogP contribution in [0.1, 0.15) is 48.4 Å². The second-order valence-electron chi connectivity index (χ2n) is 13.5. The van der Waals surface area contributed by atoms with Gasteiger partial charge in [0.25, 0.3) is 0 Å². The number of likely N-dealkylation sites (tertiary alicyclic amines) is 1. The van der Waals surface area contributed by atoms with E-state index in [1.807, 2.05) is 25.1 Å². The maximum Gasteiger partial charge on any atom is 0.387 e. The Kier molecular flexibility index (Phi) is 10.0. The molecule has 0 saturated carbocycles. The molecule has 3 aromatic carbocycles. The van der Waals surface area contributed by atoms with Gasteiger partial charge in [-0.3, -0.25) is 9.69 Å². The van der Waals surface area contributed by atoms with Gasteiger partial charge in [0.05, 0.1) is 12.8 Å². The molecule has 4 heterocycles. The Morgan fingerprint density at radius 2 is 1.73 bits per heavy atom. The lowest BCUT2D eigenvalue weighted by Gasteiger charge is -2.18. The van der Waals surface area contributed by atoms with E-state index in [0.29, 0.717) is 29.6 Å². The first-order valence-corrected chi connectivity index (χ1v) is 17.4. The third kappa shape index (κ3) is 7.31. The number of rotatable bonds is 11. The molecule has 2 atom stereocenters. The fourth-order valence-electron chi connectivity index (χ4n) is 7.26. The van der Waals surface area contributed by atoms with Gasteiger partial charge in [-0.2, -0.15) is 8.78 Å². The highest BCUT2D eigenvalue weighted by Gasteiger charge is 2.25. The van der Waals surface area contributed by atoms with Gasteiger partial charge in [0.1, 0.15) is 23.9 Å². The quantitative estimate of drug-likeness (QED) is 0.137. The van der Waals surface area contributed by atoms with Crippen LogP contribution in [0, 0.1) is 19.8 Å². The molecule has 9 nitrogen and oxygen atoms in total. The first kappa shape index (κ1) is 34.6. The first-order chi connectivity index (χ1) is 24.7. The molecular formula is C40H42F2N4O5. The normalized spacial score (nSPS) is 17.8. The number of carbonyl (C=O) groups excluding carboxylic acids is 1. The smallest absolute Gasteiger partial charge is 0.387 e. The molecule has 5 aromatic rings. The van der Waals surface area contributed by atoms with Crippen LogP contribution in [0.15, 0.2) is 65.1 Å². The summed E-state index contributed by atoms with van der Waals surface area (Å²) >= 11 is 0.